The van der Waals surface area contributed by atoms with Crippen molar-refractivity contribution in [1.29, 1.82) is 0 Å². The molecule has 0 amide bonds. The Hall–Kier alpha value is -0.900. The highest BCUT2D eigenvalue weighted by Crippen LogP contribution is 2.21. The molecule has 0 aromatic carbocycles. The fourth-order valence-electron chi connectivity index (χ4n) is 2.05. The van der Waals surface area contributed by atoms with E-state index >= 15 is 0 Å². The van der Waals surface area contributed by atoms with Crippen LogP contribution < -0.4 is 5.32 Å². The zero-order valence-corrected chi connectivity index (χ0v) is 8.90. The number of rotatable bonds is 2. The number of aromatic nitrogens is 3. The first-order valence-corrected chi connectivity index (χ1v) is 5.31. The number of hydrogen-bond donors (Lipinski definition) is 1. The zero-order chi connectivity index (χ0) is 9.97. The van der Waals surface area contributed by atoms with Gasteiger partial charge in [0.15, 0.2) is 0 Å². The summed E-state index contributed by atoms with van der Waals surface area (Å²) < 4.78 is 2.02. The Morgan fingerprint density at radius 3 is 3.14 bits per heavy atom. The zero-order valence-electron chi connectivity index (χ0n) is 8.90. The van der Waals surface area contributed by atoms with Crippen LogP contribution in [0.5, 0.6) is 0 Å². The van der Waals surface area contributed by atoms with Crippen LogP contribution in [0.25, 0.3) is 0 Å². The predicted molar refractivity (Wildman–Crippen MR) is 54.8 cm³/mol. The summed E-state index contributed by atoms with van der Waals surface area (Å²) in [5.74, 6) is 2.62. The molecule has 2 atom stereocenters. The third kappa shape index (κ3) is 1.95. The molecule has 0 radical (unpaired) electrons. The van der Waals surface area contributed by atoms with E-state index < -0.39 is 0 Å². The molecule has 1 saturated heterocycles. The molecular formula is C10H18N4. The summed E-state index contributed by atoms with van der Waals surface area (Å²) in [7, 11) is 2.01. The van der Waals surface area contributed by atoms with Gasteiger partial charge in [0, 0.05) is 13.5 Å². The maximum absolute atomic E-state index is 4.13. The first kappa shape index (κ1) is 9.65. The molecule has 1 aromatic heterocycles. The lowest BCUT2D eigenvalue weighted by molar-refractivity contribution is 0.267. The number of nitrogens with zero attached hydrogens (tertiary/aromatic N) is 3. The van der Waals surface area contributed by atoms with Gasteiger partial charge < -0.3 is 9.88 Å². The van der Waals surface area contributed by atoms with Crippen LogP contribution in [-0.2, 0) is 13.5 Å². The second-order valence-electron chi connectivity index (χ2n) is 4.29. The third-order valence-corrected chi connectivity index (χ3v) is 3.24. The van der Waals surface area contributed by atoms with Gasteiger partial charge in [-0.3, -0.25) is 0 Å². The summed E-state index contributed by atoms with van der Waals surface area (Å²) in [5, 5.41) is 11.5. The highest BCUT2D eigenvalue weighted by atomic mass is 15.2. The topological polar surface area (TPSA) is 42.7 Å². The molecular weight excluding hydrogens is 176 g/mol. The minimum atomic E-state index is 0.714. The normalized spacial score (nSPS) is 27.9. The molecule has 0 bridgehead atoms. The lowest BCUT2D eigenvalue weighted by Gasteiger charge is -2.29. The summed E-state index contributed by atoms with van der Waals surface area (Å²) in [5.41, 5.74) is 0. The van der Waals surface area contributed by atoms with Crippen LogP contribution in [0.3, 0.4) is 0 Å². The van der Waals surface area contributed by atoms with E-state index in [2.05, 4.69) is 22.4 Å². The number of nitrogens with one attached hydrogen (secondary N) is 1. The molecule has 4 nitrogen and oxygen atoms in total. The molecule has 2 rings (SSSR count). The fraction of sp³-hybridized carbons (Fsp3) is 0.800. The highest BCUT2D eigenvalue weighted by molar-refractivity contribution is 4.90. The van der Waals surface area contributed by atoms with Crippen LogP contribution in [0.4, 0.5) is 0 Å². The smallest absolute Gasteiger partial charge is 0.132 e. The van der Waals surface area contributed by atoms with Crippen molar-refractivity contribution in [1.82, 2.24) is 20.1 Å². The van der Waals surface area contributed by atoms with E-state index in [4.69, 9.17) is 0 Å². The molecule has 2 unspecified atom stereocenters. The van der Waals surface area contributed by atoms with E-state index in [9.17, 15) is 0 Å². The van der Waals surface area contributed by atoms with E-state index in [-0.39, 0.29) is 0 Å². The Bertz CT molecular complexity index is 294. The van der Waals surface area contributed by atoms with Crippen LogP contribution in [-0.4, -0.2) is 27.9 Å². The van der Waals surface area contributed by atoms with Crippen molar-refractivity contribution in [2.24, 2.45) is 18.9 Å². The Morgan fingerprint density at radius 2 is 2.50 bits per heavy atom. The Morgan fingerprint density at radius 1 is 1.64 bits per heavy atom. The van der Waals surface area contributed by atoms with Crippen LogP contribution in [0.1, 0.15) is 19.2 Å². The van der Waals surface area contributed by atoms with Crippen molar-refractivity contribution in [2.75, 3.05) is 13.1 Å². The molecule has 0 saturated carbocycles. The van der Waals surface area contributed by atoms with E-state index in [0.29, 0.717) is 5.92 Å². The van der Waals surface area contributed by atoms with E-state index in [0.717, 1.165) is 31.3 Å². The van der Waals surface area contributed by atoms with E-state index in [1.54, 1.807) is 6.33 Å². The average molecular weight is 194 g/mol. The Kier molecular flexibility index (Phi) is 2.82. The molecule has 2 heterocycles. The van der Waals surface area contributed by atoms with Gasteiger partial charge in [0.1, 0.15) is 12.2 Å². The standard InChI is InChI=1S/C10H18N4/c1-8-3-4-11-6-9(8)5-10-13-12-7-14(10)2/h7-9,11H,3-6H2,1-2H3. The van der Waals surface area contributed by atoms with Gasteiger partial charge in [0.2, 0.25) is 0 Å². The molecule has 14 heavy (non-hydrogen) atoms. The second-order valence-corrected chi connectivity index (χ2v) is 4.29. The summed E-state index contributed by atoms with van der Waals surface area (Å²) >= 11 is 0. The molecule has 1 fully saturated rings. The Labute approximate surface area is 84.7 Å². The van der Waals surface area contributed by atoms with Crippen LogP contribution in [0.2, 0.25) is 0 Å². The molecule has 0 aliphatic carbocycles. The van der Waals surface area contributed by atoms with Gasteiger partial charge in [0.25, 0.3) is 0 Å². The Balaban J connectivity index is 1.99. The van der Waals surface area contributed by atoms with Crippen molar-refractivity contribution in [3.8, 4) is 0 Å². The summed E-state index contributed by atoms with van der Waals surface area (Å²) in [6, 6.07) is 0. The predicted octanol–water partition coefficient (Wildman–Crippen LogP) is 0.603. The number of hydrogen-bond acceptors (Lipinski definition) is 3. The largest absolute Gasteiger partial charge is 0.321 e. The quantitative estimate of drug-likeness (QED) is 0.750. The lowest BCUT2D eigenvalue weighted by atomic mass is 9.85. The van der Waals surface area contributed by atoms with Crippen molar-refractivity contribution < 1.29 is 0 Å². The fourth-order valence-corrected chi connectivity index (χ4v) is 2.05. The first-order chi connectivity index (χ1) is 6.77. The van der Waals surface area contributed by atoms with Gasteiger partial charge in [-0.05, 0) is 31.3 Å². The molecule has 1 aliphatic rings. The first-order valence-electron chi connectivity index (χ1n) is 5.31. The minimum absolute atomic E-state index is 0.714. The second kappa shape index (κ2) is 4.09. The van der Waals surface area contributed by atoms with Gasteiger partial charge in [-0.25, -0.2) is 0 Å². The van der Waals surface area contributed by atoms with Crippen molar-refractivity contribution in [2.45, 2.75) is 19.8 Å². The lowest BCUT2D eigenvalue weighted by Crippen LogP contribution is -2.36. The van der Waals surface area contributed by atoms with Crippen molar-refractivity contribution >= 4 is 0 Å². The third-order valence-electron chi connectivity index (χ3n) is 3.24. The van der Waals surface area contributed by atoms with Gasteiger partial charge in [0.05, 0.1) is 0 Å². The summed E-state index contributed by atoms with van der Waals surface area (Å²) in [6.07, 6.45) is 4.10. The highest BCUT2D eigenvalue weighted by Gasteiger charge is 2.22. The molecule has 1 aromatic rings. The number of piperidine rings is 1. The maximum Gasteiger partial charge on any atom is 0.132 e. The monoisotopic (exact) mass is 194 g/mol. The van der Waals surface area contributed by atoms with Crippen molar-refractivity contribution in [3.63, 3.8) is 0 Å². The van der Waals surface area contributed by atoms with Crippen molar-refractivity contribution in [3.05, 3.63) is 12.2 Å². The molecule has 1 N–H and O–H groups in total. The summed E-state index contributed by atoms with van der Waals surface area (Å²) in [6.45, 7) is 4.62. The van der Waals surface area contributed by atoms with Crippen LogP contribution >= 0.6 is 0 Å². The molecule has 4 heteroatoms. The van der Waals surface area contributed by atoms with E-state index in [1.807, 2.05) is 11.6 Å². The maximum atomic E-state index is 4.13. The van der Waals surface area contributed by atoms with Gasteiger partial charge in [-0.2, -0.15) is 0 Å². The number of aryl methyl sites for hydroxylation is 1. The van der Waals surface area contributed by atoms with Gasteiger partial charge in [-0.15, -0.1) is 10.2 Å². The van der Waals surface area contributed by atoms with Gasteiger partial charge >= 0.3 is 0 Å². The van der Waals surface area contributed by atoms with E-state index in [1.165, 1.54) is 6.42 Å². The average Bonchev–Trinajstić information content (AvgIpc) is 2.56. The molecule has 78 valence electrons. The SMILES string of the molecule is CC1CCNCC1Cc1nncn1C. The molecule has 0 spiro atoms. The van der Waals surface area contributed by atoms with Gasteiger partial charge in [-0.1, -0.05) is 6.92 Å². The van der Waals surface area contributed by atoms with Crippen LogP contribution in [0, 0.1) is 11.8 Å². The summed E-state index contributed by atoms with van der Waals surface area (Å²) in [4.78, 5) is 0. The molecule has 1 aliphatic heterocycles. The van der Waals surface area contributed by atoms with Crippen LogP contribution in [0.15, 0.2) is 6.33 Å². The minimum Gasteiger partial charge on any atom is -0.321 e.